The zero-order chi connectivity index (χ0) is 17.8. The van der Waals surface area contributed by atoms with Crippen LogP contribution in [0.15, 0.2) is 59.5 Å². The molecule has 0 saturated carbocycles. The van der Waals surface area contributed by atoms with Crippen molar-refractivity contribution in [2.75, 3.05) is 6.54 Å². The van der Waals surface area contributed by atoms with Crippen LogP contribution in [0.2, 0.25) is 5.02 Å². The van der Waals surface area contributed by atoms with Crippen molar-refractivity contribution in [2.24, 2.45) is 0 Å². The number of halogens is 1. The van der Waals surface area contributed by atoms with E-state index in [2.05, 4.69) is 17.0 Å². The maximum atomic E-state index is 12.5. The highest BCUT2D eigenvalue weighted by atomic mass is 35.5. The lowest BCUT2D eigenvalue weighted by Crippen LogP contribution is -2.50. The van der Waals surface area contributed by atoms with Crippen LogP contribution in [0.5, 0.6) is 0 Å². The van der Waals surface area contributed by atoms with Gasteiger partial charge in [0.2, 0.25) is 10.0 Å². The molecule has 0 saturated heterocycles. The third-order valence-electron chi connectivity index (χ3n) is 3.68. The van der Waals surface area contributed by atoms with E-state index in [0.717, 1.165) is 5.56 Å². The van der Waals surface area contributed by atoms with Gasteiger partial charge in [-0.3, -0.25) is 0 Å². The molecule has 0 aliphatic heterocycles. The summed E-state index contributed by atoms with van der Waals surface area (Å²) in [5.41, 5.74) is 0.524. The van der Waals surface area contributed by atoms with Gasteiger partial charge in [0, 0.05) is 23.1 Å². The van der Waals surface area contributed by atoms with E-state index in [1.165, 1.54) is 12.1 Å². The van der Waals surface area contributed by atoms with Crippen LogP contribution in [-0.4, -0.2) is 20.5 Å². The second kappa shape index (κ2) is 7.66. The Morgan fingerprint density at radius 3 is 2.21 bits per heavy atom. The van der Waals surface area contributed by atoms with Gasteiger partial charge in [0.05, 0.1) is 4.90 Å². The van der Waals surface area contributed by atoms with Crippen LogP contribution in [-0.2, 0) is 10.0 Å². The van der Waals surface area contributed by atoms with Gasteiger partial charge in [-0.15, -0.1) is 0 Å². The van der Waals surface area contributed by atoms with Crippen molar-refractivity contribution < 1.29 is 8.42 Å². The lowest BCUT2D eigenvalue weighted by Gasteiger charge is -2.28. The zero-order valence-corrected chi connectivity index (χ0v) is 15.7. The van der Waals surface area contributed by atoms with E-state index in [4.69, 9.17) is 11.6 Å². The van der Waals surface area contributed by atoms with E-state index >= 15 is 0 Å². The van der Waals surface area contributed by atoms with Gasteiger partial charge in [0.15, 0.2) is 0 Å². The molecule has 0 aromatic heterocycles. The largest absolute Gasteiger partial charge is 0.308 e. The van der Waals surface area contributed by atoms with Crippen LogP contribution in [0.1, 0.15) is 32.4 Å². The Hall–Kier alpha value is -1.40. The van der Waals surface area contributed by atoms with Crippen LogP contribution >= 0.6 is 11.6 Å². The first-order chi connectivity index (χ1) is 11.2. The average Bonchev–Trinajstić information content (AvgIpc) is 2.53. The standard InChI is InChI=1S/C18H23ClN2O2S/c1-14(15-7-5-4-6-8-15)20-13-18(2,3)21-24(22,23)17-11-9-16(19)10-12-17/h4-12,14,20-21H,13H2,1-3H3. The maximum absolute atomic E-state index is 12.5. The summed E-state index contributed by atoms with van der Waals surface area (Å²) in [6, 6.07) is 16.3. The molecule has 2 N–H and O–H groups in total. The first-order valence-electron chi connectivity index (χ1n) is 7.77. The maximum Gasteiger partial charge on any atom is 0.241 e. The number of rotatable bonds is 7. The summed E-state index contributed by atoms with van der Waals surface area (Å²) in [4.78, 5) is 0.205. The molecule has 24 heavy (non-hydrogen) atoms. The van der Waals surface area contributed by atoms with E-state index in [-0.39, 0.29) is 10.9 Å². The Kier molecular flexibility index (Phi) is 6.04. The zero-order valence-electron chi connectivity index (χ0n) is 14.1. The summed E-state index contributed by atoms with van der Waals surface area (Å²) in [6.07, 6.45) is 0. The summed E-state index contributed by atoms with van der Waals surface area (Å²) in [5.74, 6) is 0. The molecular weight excluding hydrogens is 344 g/mol. The van der Waals surface area contributed by atoms with Gasteiger partial charge < -0.3 is 5.32 Å². The molecule has 2 rings (SSSR count). The fraction of sp³-hybridized carbons (Fsp3) is 0.333. The number of hydrogen-bond acceptors (Lipinski definition) is 3. The van der Waals surface area contributed by atoms with E-state index in [1.807, 2.05) is 44.2 Å². The minimum Gasteiger partial charge on any atom is -0.308 e. The van der Waals surface area contributed by atoms with Crippen LogP contribution in [0, 0.1) is 0 Å². The molecule has 2 aromatic rings. The lowest BCUT2D eigenvalue weighted by atomic mass is 10.0. The quantitative estimate of drug-likeness (QED) is 0.784. The Bertz CT molecular complexity index is 759. The van der Waals surface area contributed by atoms with E-state index in [0.29, 0.717) is 11.6 Å². The van der Waals surface area contributed by atoms with Crippen molar-refractivity contribution in [2.45, 2.75) is 37.2 Å². The molecule has 0 aliphatic carbocycles. The highest BCUT2D eigenvalue weighted by molar-refractivity contribution is 7.89. The molecule has 0 amide bonds. The Morgan fingerprint density at radius 2 is 1.62 bits per heavy atom. The summed E-state index contributed by atoms with van der Waals surface area (Å²) < 4.78 is 27.7. The fourth-order valence-electron chi connectivity index (χ4n) is 2.34. The van der Waals surface area contributed by atoms with E-state index in [1.54, 1.807) is 12.1 Å². The van der Waals surface area contributed by atoms with E-state index in [9.17, 15) is 8.42 Å². The van der Waals surface area contributed by atoms with Crippen molar-refractivity contribution in [1.82, 2.24) is 10.0 Å². The molecule has 2 aromatic carbocycles. The van der Waals surface area contributed by atoms with Gasteiger partial charge in [-0.05, 0) is 50.6 Å². The van der Waals surface area contributed by atoms with Gasteiger partial charge in [-0.2, -0.15) is 0 Å². The van der Waals surface area contributed by atoms with Crippen LogP contribution in [0.4, 0.5) is 0 Å². The molecule has 0 bridgehead atoms. The third kappa shape index (κ3) is 5.31. The molecule has 0 aliphatic rings. The van der Waals surface area contributed by atoms with Crippen molar-refractivity contribution in [3.05, 3.63) is 65.2 Å². The van der Waals surface area contributed by atoms with Gasteiger partial charge in [-0.1, -0.05) is 41.9 Å². The monoisotopic (exact) mass is 366 g/mol. The third-order valence-corrected chi connectivity index (χ3v) is 5.65. The minimum atomic E-state index is -3.60. The molecule has 0 radical (unpaired) electrons. The Balaban J connectivity index is 2.01. The average molecular weight is 367 g/mol. The summed E-state index contributed by atoms with van der Waals surface area (Å²) >= 11 is 5.81. The van der Waals surface area contributed by atoms with Crippen LogP contribution in [0.3, 0.4) is 0 Å². The molecule has 1 atom stereocenters. The molecule has 1 unspecified atom stereocenters. The lowest BCUT2D eigenvalue weighted by molar-refractivity contribution is 0.398. The van der Waals surface area contributed by atoms with E-state index < -0.39 is 15.6 Å². The van der Waals surface area contributed by atoms with Gasteiger partial charge in [0.25, 0.3) is 0 Å². The van der Waals surface area contributed by atoms with Gasteiger partial charge >= 0.3 is 0 Å². The smallest absolute Gasteiger partial charge is 0.241 e. The first kappa shape index (κ1) is 18.9. The number of sulfonamides is 1. The second-order valence-electron chi connectivity index (χ2n) is 6.46. The minimum absolute atomic E-state index is 0.130. The molecule has 4 nitrogen and oxygen atoms in total. The Labute approximate surface area is 149 Å². The predicted molar refractivity (Wildman–Crippen MR) is 98.7 cm³/mol. The summed E-state index contributed by atoms with van der Waals surface area (Å²) in [7, 11) is -3.60. The van der Waals surface area contributed by atoms with Crippen LogP contribution in [0.25, 0.3) is 0 Å². The molecule has 6 heteroatoms. The van der Waals surface area contributed by atoms with Crippen molar-refractivity contribution in [3.8, 4) is 0 Å². The fourth-order valence-corrected chi connectivity index (χ4v) is 3.88. The number of nitrogens with one attached hydrogen (secondary N) is 2. The van der Waals surface area contributed by atoms with Gasteiger partial charge in [-0.25, -0.2) is 13.1 Å². The first-order valence-corrected chi connectivity index (χ1v) is 9.64. The molecule has 130 valence electrons. The molecular formula is C18H23ClN2O2S. The Morgan fingerprint density at radius 1 is 1.04 bits per heavy atom. The van der Waals surface area contributed by atoms with Crippen molar-refractivity contribution in [3.63, 3.8) is 0 Å². The highest BCUT2D eigenvalue weighted by Gasteiger charge is 2.26. The molecule has 0 fully saturated rings. The van der Waals surface area contributed by atoms with Gasteiger partial charge in [0.1, 0.15) is 0 Å². The van der Waals surface area contributed by atoms with Crippen molar-refractivity contribution >= 4 is 21.6 Å². The SMILES string of the molecule is CC(NCC(C)(C)NS(=O)(=O)c1ccc(Cl)cc1)c1ccccc1. The van der Waals surface area contributed by atoms with Crippen LogP contribution < -0.4 is 10.0 Å². The topological polar surface area (TPSA) is 58.2 Å². The van der Waals surface area contributed by atoms with Crippen molar-refractivity contribution in [1.29, 1.82) is 0 Å². The second-order valence-corrected chi connectivity index (χ2v) is 8.58. The molecule has 0 spiro atoms. The predicted octanol–water partition coefficient (Wildman–Crippen LogP) is 3.75. The normalized spacial score (nSPS) is 13.7. The summed E-state index contributed by atoms with van der Waals surface area (Å²) in [5, 5.41) is 3.88. The highest BCUT2D eigenvalue weighted by Crippen LogP contribution is 2.17. The number of hydrogen-bond donors (Lipinski definition) is 2. The number of benzene rings is 2. The summed E-state index contributed by atoms with van der Waals surface area (Å²) in [6.45, 7) is 6.26. The molecule has 0 heterocycles.